The third-order valence-corrected chi connectivity index (χ3v) is 6.86. The molecule has 2 fully saturated rings. The molecule has 37 heavy (non-hydrogen) atoms. The Labute approximate surface area is 216 Å². The molecule has 0 bridgehead atoms. The lowest BCUT2D eigenvalue weighted by Gasteiger charge is -2.36. The van der Waals surface area contributed by atoms with E-state index in [2.05, 4.69) is 10.2 Å². The van der Waals surface area contributed by atoms with Crippen molar-refractivity contribution >= 4 is 23.6 Å². The smallest absolute Gasteiger partial charge is 0.411 e. The highest BCUT2D eigenvalue weighted by molar-refractivity contribution is 6.04. The van der Waals surface area contributed by atoms with Crippen molar-refractivity contribution in [2.75, 3.05) is 38.5 Å². The van der Waals surface area contributed by atoms with Gasteiger partial charge in [-0.2, -0.15) is 0 Å². The van der Waals surface area contributed by atoms with E-state index in [-0.39, 0.29) is 18.4 Å². The summed E-state index contributed by atoms with van der Waals surface area (Å²) < 4.78 is 5.84. The summed E-state index contributed by atoms with van der Waals surface area (Å²) in [5.41, 5.74) is 2.68. The van der Waals surface area contributed by atoms with Crippen LogP contribution in [0.2, 0.25) is 0 Å². The van der Waals surface area contributed by atoms with Gasteiger partial charge < -0.3 is 19.9 Å². The molecule has 2 aliphatic rings. The molecule has 0 aromatic heterocycles. The maximum absolute atomic E-state index is 13.8. The Morgan fingerprint density at radius 2 is 1.57 bits per heavy atom. The lowest BCUT2D eigenvalue weighted by Crippen LogP contribution is -2.54. The standard InChI is InChI=1S/C29H30N4O4/c1-31-15-17-32(18-16-31)28(35)25-26(37-29(36)33(25)20-21-9-4-2-5-10-21)23-13-8-14-24(19-23)30-27(34)22-11-6-3-7-12-22/h2-14,19,25-26H,15-18,20H2,1H3,(H,30,34). The molecule has 5 rings (SSSR count). The van der Waals surface area contributed by atoms with Crippen molar-refractivity contribution in [3.05, 3.63) is 102 Å². The molecule has 2 heterocycles. The van der Waals surface area contributed by atoms with Crippen molar-refractivity contribution in [1.82, 2.24) is 14.7 Å². The van der Waals surface area contributed by atoms with Gasteiger partial charge in [-0.25, -0.2) is 4.79 Å². The number of hydrogen-bond donors (Lipinski definition) is 1. The second kappa shape index (κ2) is 10.8. The van der Waals surface area contributed by atoms with Crippen molar-refractivity contribution in [3.8, 4) is 0 Å². The number of piperazine rings is 1. The Morgan fingerprint density at radius 1 is 0.892 bits per heavy atom. The summed E-state index contributed by atoms with van der Waals surface area (Å²) in [6.07, 6.45) is -1.32. The summed E-state index contributed by atoms with van der Waals surface area (Å²) in [5, 5.41) is 2.90. The van der Waals surface area contributed by atoms with Crippen LogP contribution in [0, 0.1) is 0 Å². The second-order valence-electron chi connectivity index (χ2n) is 9.44. The van der Waals surface area contributed by atoms with Gasteiger partial charge in [0.15, 0.2) is 12.1 Å². The number of amides is 3. The first-order valence-electron chi connectivity index (χ1n) is 12.4. The lowest BCUT2D eigenvalue weighted by molar-refractivity contribution is -0.138. The number of benzene rings is 3. The molecule has 0 radical (unpaired) electrons. The summed E-state index contributed by atoms with van der Waals surface area (Å²) in [6, 6.07) is 24.9. The van der Waals surface area contributed by atoms with Gasteiger partial charge in [-0.3, -0.25) is 14.5 Å². The molecule has 2 saturated heterocycles. The van der Waals surface area contributed by atoms with Crippen molar-refractivity contribution < 1.29 is 19.1 Å². The maximum atomic E-state index is 13.8. The molecule has 0 saturated carbocycles. The van der Waals surface area contributed by atoms with E-state index in [1.807, 2.05) is 54.4 Å². The van der Waals surface area contributed by atoms with E-state index in [0.29, 0.717) is 29.9 Å². The van der Waals surface area contributed by atoms with Crippen LogP contribution in [0.4, 0.5) is 10.5 Å². The lowest BCUT2D eigenvalue weighted by atomic mass is 9.99. The molecular weight excluding hydrogens is 468 g/mol. The Balaban J connectivity index is 1.43. The number of nitrogens with one attached hydrogen (secondary N) is 1. The maximum Gasteiger partial charge on any atom is 0.411 e. The third-order valence-electron chi connectivity index (χ3n) is 6.86. The minimum absolute atomic E-state index is 0.126. The minimum atomic E-state index is -0.809. The highest BCUT2D eigenvalue weighted by Gasteiger charge is 2.48. The summed E-state index contributed by atoms with van der Waals surface area (Å²) in [6.45, 7) is 3.01. The Morgan fingerprint density at radius 3 is 2.27 bits per heavy atom. The van der Waals surface area contributed by atoms with Crippen LogP contribution < -0.4 is 5.32 Å². The first kappa shape index (κ1) is 24.5. The average molecular weight is 499 g/mol. The van der Waals surface area contributed by atoms with E-state index in [9.17, 15) is 14.4 Å². The fraction of sp³-hybridized carbons (Fsp3) is 0.276. The topological polar surface area (TPSA) is 82.2 Å². The molecule has 8 nitrogen and oxygen atoms in total. The molecule has 0 spiro atoms. The van der Waals surface area contributed by atoms with Gasteiger partial charge in [0.05, 0.1) is 6.54 Å². The fourth-order valence-corrected chi connectivity index (χ4v) is 4.77. The summed E-state index contributed by atoms with van der Waals surface area (Å²) in [5.74, 6) is -0.365. The highest BCUT2D eigenvalue weighted by Crippen LogP contribution is 2.36. The van der Waals surface area contributed by atoms with E-state index in [4.69, 9.17) is 4.74 Å². The Bertz CT molecular complexity index is 1260. The van der Waals surface area contributed by atoms with E-state index < -0.39 is 18.2 Å². The van der Waals surface area contributed by atoms with Crippen molar-refractivity contribution in [1.29, 1.82) is 0 Å². The van der Waals surface area contributed by atoms with Crippen molar-refractivity contribution in [2.24, 2.45) is 0 Å². The number of anilines is 1. The van der Waals surface area contributed by atoms with Crippen molar-refractivity contribution in [2.45, 2.75) is 18.7 Å². The number of nitrogens with zero attached hydrogens (tertiary/aromatic N) is 3. The molecule has 190 valence electrons. The minimum Gasteiger partial charge on any atom is -0.438 e. The Kier molecular flexibility index (Phi) is 7.18. The zero-order chi connectivity index (χ0) is 25.8. The first-order chi connectivity index (χ1) is 18.0. The zero-order valence-electron chi connectivity index (χ0n) is 20.7. The molecule has 1 N–H and O–H groups in total. The normalized spacial score (nSPS) is 20.0. The van der Waals surface area contributed by atoms with E-state index in [1.54, 1.807) is 42.5 Å². The van der Waals surface area contributed by atoms with Gasteiger partial charge >= 0.3 is 6.09 Å². The number of hydrogen-bond acceptors (Lipinski definition) is 5. The van der Waals surface area contributed by atoms with E-state index in [0.717, 1.165) is 18.7 Å². The Hall–Kier alpha value is -4.17. The van der Waals surface area contributed by atoms with Gasteiger partial charge in [-0.1, -0.05) is 60.7 Å². The summed E-state index contributed by atoms with van der Waals surface area (Å²) >= 11 is 0. The van der Waals surface area contributed by atoms with Crippen LogP contribution in [0.5, 0.6) is 0 Å². The number of rotatable bonds is 6. The fourth-order valence-electron chi connectivity index (χ4n) is 4.77. The molecule has 2 atom stereocenters. The first-order valence-corrected chi connectivity index (χ1v) is 12.4. The van der Waals surface area contributed by atoms with Gasteiger partial charge in [0, 0.05) is 37.4 Å². The van der Waals surface area contributed by atoms with Gasteiger partial charge in [-0.15, -0.1) is 0 Å². The molecular formula is C29H30N4O4. The average Bonchev–Trinajstić information content (AvgIpc) is 3.25. The SMILES string of the molecule is CN1CCN(C(=O)C2C(c3cccc(NC(=O)c4ccccc4)c3)OC(=O)N2Cc2ccccc2)CC1. The predicted octanol–water partition coefficient (Wildman–Crippen LogP) is 3.78. The largest absolute Gasteiger partial charge is 0.438 e. The number of cyclic esters (lactones) is 1. The summed E-state index contributed by atoms with van der Waals surface area (Å²) in [7, 11) is 2.03. The molecule has 3 aromatic carbocycles. The monoisotopic (exact) mass is 498 g/mol. The molecule has 8 heteroatoms. The van der Waals surface area contributed by atoms with Crippen LogP contribution in [0.15, 0.2) is 84.9 Å². The van der Waals surface area contributed by atoms with Crippen LogP contribution in [0.25, 0.3) is 0 Å². The predicted molar refractivity (Wildman–Crippen MR) is 140 cm³/mol. The number of carbonyl (C=O) groups is 3. The van der Waals surface area contributed by atoms with Gasteiger partial charge in [0.25, 0.3) is 5.91 Å². The summed E-state index contributed by atoms with van der Waals surface area (Å²) in [4.78, 5) is 45.2. The molecule has 0 aliphatic carbocycles. The second-order valence-corrected chi connectivity index (χ2v) is 9.44. The van der Waals surface area contributed by atoms with Crippen LogP contribution in [-0.4, -0.2) is 71.9 Å². The van der Waals surface area contributed by atoms with Crippen LogP contribution in [-0.2, 0) is 16.1 Å². The van der Waals surface area contributed by atoms with E-state index >= 15 is 0 Å². The van der Waals surface area contributed by atoms with E-state index in [1.165, 1.54) is 4.90 Å². The van der Waals surface area contributed by atoms with Gasteiger partial charge in [0.2, 0.25) is 5.91 Å². The van der Waals surface area contributed by atoms with Crippen LogP contribution >= 0.6 is 0 Å². The number of ether oxygens (including phenoxy) is 1. The van der Waals surface area contributed by atoms with Crippen molar-refractivity contribution in [3.63, 3.8) is 0 Å². The quantitative estimate of drug-likeness (QED) is 0.560. The van der Waals surface area contributed by atoms with Crippen LogP contribution in [0.1, 0.15) is 27.6 Å². The number of likely N-dealkylation sites (N-methyl/N-ethyl adjacent to an activating group) is 1. The number of carbonyl (C=O) groups excluding carboxylic acids is 3. The molecule has 2 unspecified atom stereocenters. The molecule has 3 aromatic rings. The zero-order valence-corrected chi connectivity index (χ0v) is 20.7. The molecule has 2 aliphatic heterocycles. The van der Waals surface area contributed by atoms with Crippen LogP contribution in [0.3, 0.4) is 0 Å². The third kappa shape index (κ3) is 5.49. The molecule has 3 amide bonds. The highest BCUT2D eigenvalue weighted by atomic mass is 16.6. The van der Waals surface area contributed by atoms with Gasteiger partial charge in [-0.05, 0) is 42.4 Å². The van der Waals surface area contributed by atoms with Gasteiger partial charge in [0.1, 0.15) is 0 Å².